The first-order chi connectivity index (χ1) is 23.3. The van der Waals surface area contributed by atoms with Gasteiger partial charge in [-0.05, 0) is 71.1 Å². The first-order valence-electron chi connectivity index (χ1n) is 15.7. The van der Waals surface area contributed by atoms with E-state index < -0.39 is 0 Å². The van der Waals surface area contributed by atoms with Crippen LogP contribution in [0, 0.1) is 6.57 Å². The summed E-state index contributed by atoms with van der Waals surface area (Å²) in [5.74, 6) is 0. The molecule has 0 aliphatic rings. The average molecular weight is 616 g/mol. The smallest absolute Gasteiger partial charge is 0.188 e. The van der Waals surface area contributed by atoms with E-state index in [4.69, 9.17) is 6.57 Å². The van der Waals surface area contributed by atoms with Gasteiger partial charge in [-0.1, -0.05) is 97.1 Å². The van der Waals surface area contributed by atoms with Crippen LogP contribution in [0.25, 0.3) is 91.1 Å². The summed E-state index contributed by atoms with van der Waals surface area (Å²) >= 11 is 1.84. The number of thiophene rings is 1. The van der Waals surface area contributed by atoms with Crippen molar-refractivity contribution in [2.24, 2.45) is 0 Å². The molecule has 3 nitrogen and oxygen atoms in total. The van der Waals surface area contributed by atoms with Gasteiger partial charge in [0.05, 0.1) is 33.3 Å². The molecule has 47 heavy (non-hydrogen) atoms. The third-order valence-corrected chi connectivity index (χ3v) is 10.7. The number of benzene rings is 7. The second-order valence-corrected chi connectivity index (χ2v) is 13.1. The molecule has 0 aliphatic carbocycles. The number of hydrogen-bond acceptors (Lipinski definition) is 1. The molecule has 3 aromatic heterocycles. The van der Waals surface area contributed by atoms with Gasteiger partial charge < -0.3 is 9.13 Å². The van der Waals surface area contributed by atoms with Crippen molar-refractivity contribution in [3.8, 4) is 22.5 Å². The largest absolute Gasteiger partial charge is 0.309 e. The number of nitrogens with zero attached hydrogens (tertiary/aromatic N) is 3. The van der Waals surface area contributed by atoms with E-state index in [1.165, 1.54) is 52.9 Å². The zero-order valence-corrected chi connectivity index (χ0v) is 26.0. The standard InChI is InChI=1S/C43H25N3S/c1-44-29-20-23-40-37(26-29)35-21-22-36-34-16-4-7-19-41(34)47-43(36)42(35)46(40)31-13-9-11-28(25-31)27-10-8-12-30(24-27)45-38-17-5-2-14-32(38)33-15-3-6-18-39(33)45/h2-26H. The molecule has 0 amide bonds. The normalized spacial score (nSPS) is 11.8. The van der Waals surface area contributed by atoms with E-state index >= 15 is 0 Å². The van der Waals surface area contributed by atoms with Gasteiger partial charge in [0.2, 0.25) is 0 Å². The maximum absolute atomic E-state index is 7.70. The molecule has 0 saturated heterocycles. The molecule has 10 aromatic rings. The quantitative estimate of drug-likeness (QED) is 0.176. The molecule has 7 aromatic carbocycles. The minimum absolute atomic E-state index is 0.656. The number of aromatic nitrogens is 2. The molecule has 4 heteroatoms. The lowest BCUT2D eigenvalue weighted by molar-refractivity contribution is 1.18. The molecule has 218 valence electrons. The number of fused-ring (bicyclic) bond motifs is 10. The fourth-order valence-electron chi connectivity index (χ4n) is 7.46. The molecule has 0 N–H and O–H groups in total. The maximum atomic E-state index is 7.70. The fourth-order valence-corrected chi connectivity index (χ4v) is 8.70. The summed E-state index contributed by atoms with van der Waals surface area (Å²) in [4.78, 5) is 3.77. The molecule has 0 atom stereocenters. The monoisotopic (exact) mass is 615 g/mol. The first kappa shape index (κ1) is 26.1. The van der Waals surface area contributed by atoms with Crippen molar-refractivity contribution in [3.63, 3.8) is 0 Å². The highest BCUT2D eigenvalue weighted by atomic mass is 32.1. The van der Waals surface area contributed by atoms with Crippen LogP contribution < -0.4 is 0 Å². The van der Waals surface area contributed by atoms with Crippen LogP contribution >= 0.6 is 11.3 Å². The molecule has 0 saturated carbocycles. The Kier molecular flexibility index (Phi) is 5.51. The Bertz CT molecular complexity index is 2880. The number of hydrogen-bond donors (Lipinski definition) is 0. The van der Waals surface area contributed by atoms with Gasteiger partial charge >= 0.3 is 0 Å². The van der Waals surface area contributed by atoms with E-state index in [1.54, 1.807) is 0 Å². The zero-order valence-electron chi connectivity index (χ0n) is 25.2. The van der Waals surface area contributed by atoms with E-state index in [0.29, 0.717) is 5.69 Å². The Morgan fingerprint density at radius 2 is 1.04 bits per heavy atom. The van der Waals surface area contributed by atoms with Crippen molar-refractivity contribution in [3.05, 3.63) is 163 Å². The van der Waals surface area contributed by atoms with Crippen molar-refractivity contribution in [2.45, 2.75) is 0 Å². The van der Waals surface area contributed by atoms with Gasteiger partial charge in [0.1, 0.15) is 0 Å². The highest BCUT2D eigenvalue weighted by Gasteiger charge is 2.19. The van der Waals surface area contributed by atoms with Gasteiger partial charge in [0.25, 0.3) is 0 Å². The van der Waals surface area contributed by atoms with Crippen LogP contribution in [-0.4, -0.2) is 9.13 Å². The van der Waals surface area contributed by atoms with Crippen molar-refractivity contribution < 1.29 is 0 Å². The Morgan fingerprint density at radius 3 is 1.74 bits per heavy atom. The van der Waals surface area contributed by atoms with Crippen LogP contribution in [0.1, 0.15) is 0 Å². The van der Waals surface area contributed by atoms with Crippen LogP contribution in [0.3, 0.4) is 0 Å². The lowest BCUT2D eigenvalue weighted by Crippen LogP contribution is -1.96. The van der Waals surface area contributed by atoms with Gasteiger partial charge in [-0.15, -0.1) is 11.3 Å². The van der Waals surface area contributed by atoms with Gasteiger partial charge in [-0.2, -0.15) is 0 Å². The molecule has 0 unspecified atom stereocenters. The highest BCUT2D eigenvalue weighted by molar-refractivity contribution is 7.26. The summed E-state index contributed by atoms with van der Waals surface area (Å²) in [5.41, 5.74) is 9.92. The van der Waals surface area contributed by atoms with Crippen LogP contribution in [0.2, 0.25) is 0 Å². The lowest BCUT2D eigenvalue weighted by atomic mass is 10.0. The zero-order chi connectivity index (χ0) is 31.1. The molecular formula is C43H25N3S. The second-order valence-electron chi connectivity index (χ2n) is 12.1. The van der Waals surface area contributed by atoms with Crippen LogP contribution in [0.4, 0.5) is 5.69 Å². The van der Waals surface area contributed by atoms with E-state index in [1.807, 2.05) is 23.5 Å². The van der Waals surface area contributed by atoms with Crippen molar-refractivity contribution >= 4 is 80.8 Å². The topological polar surface area (TPSA) is 14.2 Å². The minimum Gasteiger partial charge on any atom is -0.309 e. The summed E-state index contributed by atoms with van der Waals surface area (Å²) in [6, 6.07) is 54.3. The lowest BCUT2D eigenvalue weighted by Gasteiger charge is -2.13. The Balaban J connectivity index is 1.21. The third kappa shape index (κ3) is 3.78. The molecule has 0 spiro atoms. The highest BCUT2D eigenvalue weighted by Crippen LogP contribution is 2.44. The van der Waals surface area contributed by atoms with Gasteiger partial charge in [0.15, 0.2) is 5.69 Å². The predicted octanol–water partition coefficient (Wildman–Crippen LogP) is 12.5. The van der Waals surface area contributed by atoms with Crippen LogP contribution in [0.15, 0.2) is 152 Å². The number of para-hydroxylation sites is 2. The first-order valence-corrected chi connectivity index (χ1v) is 16.5. The van der Waals surface area contributed by atoms with Gasteiger partial charge in [-0.25, -0.2) is 4.85 Å². The predicted molar refractivity (Wildman–Crippen MR) is 200 cm³/mol. The molecular weight excluding hydrogens is 591 g/mol. The van der Waals surface area contributed by atoms with Gasteiger partial charge in [0, 0.05) is 43.0 Å². The summed E-state index contributed by atoms with van der Waals surface area (Å²) in [5, 5.41) is 7.34. The summed E-state index contributed by atoms with van der Waals surface area (Å²) in [6.07, 6.45) is 0. The van der Waals surface area contributed by atoms with E-state index in [2.05, 4.69) is 154 Å². The minimum atomic E-state index is 0.656. The summed E-state index contributed by atoms with van der Waals surface area (Å²) in [6.45, 7) is 7.70. The second kappa shape index (κ2) is 9.92. The Morgan fingerprint density at radius 1 is 0.447 bits per heavy atom. The van der Waals surface area contributed by atoms with Crippen molar-refractivity contribution in [2.75, 3.05) is 0 Å². The summed E-state index contributed by atoms with van der Waals surface area (Å²) < 4.78 is 7.32. The number of rotatable bonds is 3. The molecule has 0 fully saturated rings. The van der Waals surface area contributed by atoms with Crippen LogP contribution in [-0.2, 0) is 0 Å². The molecule has 0 bridgehead atoms. The molecule has 3 heterocycles. The van der Waals surface area contributed by atoms with E-state index in [0.717, 1.165) is 33.4 Å². The maximum Gasteiger partial charge on any atom is 0.188 e. The molecule has 0 aliphatic heterocycles. The van der Waals surface area contributed by atoms with Gasteiger partial charge in [-0.3, -0.25) is 0 Å². The molecule has 10 rings (SSSR count). The SMILES string of the molecule is [C-]#[N+]c1ccc2c(c1)c1ccc3c4ccccc4sc3c1n2-c1cccc(-c2cccc(-n3c4ccccc4c4ccccc43)c2)c1. The van der Waals surface area contributed by atoms with E-state index in [-0.39, 0.29) is 0 Å². The Hall–Kier alpha value is -6.15. The van der Waals surface area contributed by atoms with Crippen molar-refractivity contribution in [1.29, 1.82) is 0 Å². The average Bonchev–Trinajstić information content (AvgIpc) is 3.79. The van der Waals surface area contributed by atoms with E-state index in [9.17, 15) is 0 Å². The van der Waals surface area contributed by atoms with Crippen molar-refractivity contribution in [1.82, 2.24) is 9.13 Å². The fraction of sp³-hybridized carbons (Fsp3) is 0. The van der Waals surface area contributed by atoms with Crippen LogP contribution in [0.5, 0.6) is 0 Å². The Labute approximate surface area is 274 Å². The third-order valence-electron chi connectivity index (χ3n) is 9.51. The molecule has 0 radical (unpaired) electrons. The summed E-state index contributed by atoms with van der Waals surface area (Å²) in [7, 11) is 0.